The van der Waals surface area contributed by atoms with Crippen LogP contribution in [0, 0.1) is 0 Å². The lowest BCUT2D eigenvalue weighted by Crippen LogP contribution is -2.57. The second-order valence-corrected chi connectivity index (χ2v) is 7.65. The maximum Gasteiger partial charge on any atom is 0.321 e. The molecule has 0 spiro atoms. The van der Waals surface area contributed by atoms with Gasteiger partial charge in [-0.15, -0.1) is 0 Å². The summed E-state index contributed by atoms with van der Waals surface area (Å²) >= 11 is 3.46. The van der Waals surface area contributed by atoms with Crippen LogP contribution in [0.5, 0.6) is 0 Å². The first kappa shape index (κ1) is 19.2. The van der Waals surface area contributed by atoms with E-state index in [1.807, 2.05) is 16.5 Å². The lowest BCUT2D eigenvalue weighted by Gasteiger charge is -2.40. The number of methoxy groups -OCH3 is 1. The predicted molar refractivity (Wildman–Crippen MR) is 97.4 cm³/mol. The van der Waals surface area contributed by atoms with Gasteiger partial charge in [0, 0.05) is 27.1 Å². The molecule has 2 N–H and O–H groups in total. The molecule has 2 aliphatic heterocycles. The number of halogens is 1. The fourth-order valence-electron chi connectivity index (χ4n) is 3.63. The summed E-state index contributed by atoms with van der Waals surface area (Å²) in [6, 6.07) is 3.13. The van der Waals surface area contributed by atoms with Crippen LogP contribution in [0.15, 0.2) is 16.7 Å². The molecule has 3 rings (SSSR count). The van der Waals surface area contributed by atoms with Gasteiger partial charge < -0.3 is 29.5 Å². The van der Waals surface area contributed by atoms with Gasteiger partial charge in [0.1, 0.15) is 5.69 Å². The Balaban J connectivity index is 1.74. The summed E-state index contributed by atoms with van der Waals surface area (Å²) < 4.78 is 7.99. The highest BCUT2D eigenvalue weighted by Gasteiger charge is 2.37. The minimum absolute atomic E-state index is 0.106. The van der Waals surface area contributed by atoms with Crippen LogP contribution < -0.4 is 5.32 Å². The number of aliphatic hydroxyl groups excluding tert-OH is 1. The van der Waals surface area contributed by atoms with Crippen LogP contribution in [0.2, 0.25) is 0 Å². The van der Waals surface area contributed by atoms with E-state index in [-0.39, 0.29) is 24.5 Å². The van der Waals surface area contributed by atoms with Gasteiger partial charge in [0.25, 0.3) is 5.91 Å². The number of rotatable bonds is 5. The molecule has 3 heterocycles. The number of aromatic nitrogens is 1. The summed E-state index contributed by atoms with van der Waals surface area (Å²) in [6.45, 7) is 1.24. The summed E-state index contributed by atoms with van der Waals surface area (Å²) in [5.74, 6) is -0.220. The van der Waals surface area contributed by atoms with E-state index in [0.717, 1.165) is 4.60 Å². The fourth-order valence-corrected chi connectivity index (χ4v) is 4.22. The van der Waals surface area contributed by atoms with Gasteiger partial charge in [-0.3, -0.25) is 9.69 Å². The zero-order valence-corrected chi connectivity index (χ0v) is 16.6. The van der Waals surface area contributed by atoms with Crippen molar-refractivity contribution in [2.45, 2.75) is 24.8 Å². The van der Waals surface area contributed by atoms with Gasteiger partial charge in [-0.05, 0) is 35.1 Å². The van der Waals surface area contributed by atoms with Gasteiger partial charge in [-0.1, -0.05) is 0 Å². The first-order valence-electron chi connectivity index (χ1n) is 8.39. The van der Waals surface area contributed by atoms with Crippen LogP contribution >= 0.6 is 15.9 Å². The van der Waals surface area contributed by atoms with E-state index in [1.165, 1.54) is 7.11 Å². The minimum atomic E-state index is -0.765. The monoisotopic (exact) mass is 429 g/mol. The van der Waals surface area contributed by atoms with Gasteiger partial charge >= 0.3 is 6.03 Å². The third kappa shape index (κ3) is 3.59. The first-order valence-corrected chi connectivity index (χ1v) is 9.18. The molecule has 3 atom stereocenters. The molecule has 26 heavy (non-hydrogen) atoms. The van der Waals surface area contributed by atoms with Gasteiger partial charge in [-0.2, -0.15) is 0 Å². The number of nitrogens with one attached hydrogen (secondary N) is 1. The van der Waals surface area contributed by atoms with Gasteiger partial charge in [0.05, 0.1) is 30.1 Å². The number of nitrogens with zero attached hydrogens (tertiary/aromatic N) is 4. The highest BCUT2D eigenvalue weighted by Crippen LogP contribution is 2.31. The van der Waals surface area contributed by atoms with Crippen molar-refractivity contribution in [3.63, 3.8) is 0 Å². The lowest BCUT2D eigenvalue weighted by atomic mass is 10.0. The third-order valence-corrected chi connectivity index (χ3v) is 5.36. The van der Waals surface area contributed by atoms with E-state index in [9.17, 15) is 14.7 Å². The molecule has 10 heteroatoms. The Kier molecular flexibility index (Phi) is 5.56. The zero-order chi connectivity index (χ0) is 19.0. The first-order chi connectivity index (χ1) is 12.3. The van der Waals surface area contributed by atoms with Crippen molar-refractivity contribution in [1.82, 2.24) is 24.6 Å². The Labute approximate surface area is 160 Å². The highest BCUT2D eigenvalue weighted by atomic mass is 79.9. The van der Waals surface area contributed by atoms with E-state index in [4.69, 9.17) is 4.74 Å². The molecule has 0 aliphatic carbocycles. The number of fused-ring (bicyclic) bond motifs is 1. The minimum Gasteiger partial charge on any atom is -0.391 e. The molecule has 0 aromatic carbocycles. The SMILES string of the molecule is CO[C@H]1NC(=O)c2ccc(Br)n2[C@@H]1CC(O)CN1CN(C)CN(C)C1=O. The van der Waals surface area contributed by atoms with Gasteiger partial charge in [-0.25, -0.2) is 4.79 Å². The second kappa shape index (κ2) is 7.55. The van der Waals surface area contributed by atoms with Crippen LogP contribution in [0.4, 0.5) is 4.79 Å². The number of amides is 3. The van der Waals surface area contributed by atoms with E-state index in [0.29, 0.717) is 25.5 Å². The van der Waals surface area contributed by atoms with Crippen LogP contribution in [-0.4, -0.2) is 89.7 Å². The summed E-state index contributed by atoms with van der Waals surface area (Å²) in [5, 5.41) is 13.5. The molecule has 0 bridgehead atoms. The molecular weight excluding hydrogens is 406 g/mol. The Morgan fingerprint density at radius 1 is 1.35 bits per heavy atom. The van der Waals surface area contributed by atoms with Crippen molar-refractivity contribution in [2.24, 2.45) is 0 Å². The number of hydrogen-bond donors (Lipinski definition) is 2. The van der Waals surface area contributed by atoms with Crippen molar-refractivity contribution in [1.29, 1.82) is 0 Å². The molecular formula is C16H24BrN5O4. The van der Waals surface area contributed by atoms with Crippen molar-refractivity contribution >= 4 is 27.9 Å². The maximum atomic E-state index is 12.3. The summed E-state index contributed by atoms with van der Waals surface area (Å²) in [4.78, 5) is 29.7. The smallest absolute Gasteiger partial charge is 0.321 e. The van der Waals surface area contributed by atoms with Crippen molar-refractivity contribution in [3.8, 4) is 0 Å². The predicted octanol–water partition coefficient (Wildman–Crippen LogP) is 0.473. The van der Waals surface area contributed by atoms with E-state index in [1.54, 1.807) is 29.0 Å². The number of aliphatic hydroxyl groups is 1. The number of carbonyl (C=O) groups is 2. The Morgan fingerprint density at radius 2 is 2.08 bits per heavy atom. The molecule has 144 valence electrons. The fraction of sp³-hybridized carbons (Fsp3) is 0.625. The number of ether oxygens (including phenoxy) is 1. The van der Waals surface area contributed by atoms with Crippen molar-refractivity contribution < 1.29 is 19.4 Å². The van der Waals surface area contributed by atoms with E-state index < -0.39 is 12.3 Å². The molecule has 9 nitrogen and oxygen atoms in total. The van der Waals surface area contributed by atoms with Gasteiger partial charge in [0.15, 0.2) is 6.23 Å². The molecule has 0 radical (unpaired) electrons. The maximum absolute atomic E-state index is 12.3. The topological polar surface area (TPSA) is 90.3 Å². The van der Waals surface area contributed by atoms with Crippen molar-refractivity contribution in [2.75, 3.05) is 41.1 Å². The zero-order valence-electron chi connectivity index (χ0n) is 15.1. The summed E-state index contributed by atoms with van der Waals surface area (Å²) in [7, 11) is 5.17. The second-order valence-electron chi connectivity index (χ2n) is 6.84. The molecule has 1 fully saturated rings. The highest BCUT2D eigenvalue weighted by molar-refractivity contribution is 9.10. The molecule has 1 unspecified atom stereocenters. The normalized spacial score (nSPS) is 25.3. The molecule has 1 aromatic heterocycles. The van der Waals surface area contributed by atoms with Crippen LogP contribution in [0.1, 0.15) is 23.0 Å². The number of β-amino-alcohol motifs (C(OH)–C–C–N with tert-alkyl or cyclic N) is 1. The largest absolute Gasteiger partial charge is 0.391 e. The van der Waals surface area contributed by atoms with E-state index in [2.05, 4.69) is 21.2 Å². The standard InChI is InChI=1S/C16H24BrN5O4/c1-19-8-20(2)16(25)21(9-19)7-10(23)6-12-15(26-3)18-14(24)11-4-5-13(17)22(11)12/h4-5,10,12,15,23H,6-9H2,1-3H3,(H,18,24)/t10?,12-,15-/m1/s1. The Morgan fingerprint density at radius 3 is 2.77 bits per heavy atom. The number of carbonyl (C=O) groups excluding carboxylic acids is 2. The van der Waals surface area contributed by atoms with Crippen LogP contribution in [0.3, 0.4) is 0 Å². The number of urea groups is 1. The Hall–Kier alpha value is -1.62. The molecule has 0 saturated carbocycles. The average molecular weight is 430 g/mol. The molecule has 2 aliphatic rings. The quantitative estimate of drug-likeness (QED) is 0.709. The van der Waals surface area contributed by atoms with Crippen molar-refractivity contribution in [3.05, 3.63) is 22.4 Å². The molecule has 1 saturated heterocycles. The van der Waals surface area contributed by atoms with Crippen LogP contribution in [-0.2, 0) is 4.74 Å². The van der Waals surface area contributed by atoms with Crippen LogP contribution in [0.25, 0.3) is 0 Å². The summed E-state index contributed by atoms with van der Waals surface area (Å²) in [6.07, 6.45) is -0.995. The third-order valence-electron chi connectivity index (χ3n) is 4.72. The van der Waals surface area contributed by atoms with E-state index >= 15 is 0 Å². The molecule has 3 amide bonds. The van der Waals surface area contributed by atoms with Gasteiger partial charge in [0.2, 0.25) is 0 Å². The lowest BCUT2D eigenvalue weighted by molar-refractivity contribution is -0.0103. The molecule has 1 aromatic rings. The number of hydrogen-bond acceptors (Lipinski definition) is 5. The Bertz CT molecular complexity index is 696. The summed E-state index contributed by atoms with van der Waals surface area (Å²) in [5.41, 5.74) is 0.510. The average Bonchev–Trinajstić information content (AvgIpc) is 2.97.